The van der Waals surface area contributed by atoms with Crippen LogP contribution in [-0.2, 0) is 4.79 Å². The predicted octanol–water partition coefficient (Wildman–Crippen LogP) is 1.88. The second kappa shape index (κ2) is 5.37. The molecule has 0 radical (unpaired) electrons. The van der Waals surface area contributed by atoms with Gasteiger partial charge in [-0.2, -0.15) is 0 Å². The highest BCUT2D eigenvalue weighted by atomic mass is 32.1. The minimum Gasteiger partial charge on any atom is -0.322 e. The SMILES string of the molecule is O=C1NC(=O)C(c2cccc(NC(=O)c3cccs3)c2)N1. The molecule has 1 unspecified atom stereocenters. The van der Waals surface area contributed by atoms with Crippen LogP contribution in [0.1, 0.15) is 21.3 Å². The third-order valence-corrected chi connectivity index (χ3v) is 3.87. The maximum Gasteiger partial charge on any atom is 0.322 e. The quantitative estimate of drug-likeness (QED) is 0.756. The summed E-state index contributed by atoms with van der Waals surface area (Å²) in [5.41, 5.74) is 1.18. The summed E-state index contributed by atoms with van der Waals surface area (Å²) in [5, 5.41) is 9.28. The van der Waals surface area contributed by atoms with E-state index in [0.29, 0.717) is 16.1 Å². The molecular weight excluding hydrogens is 290 g/mol. The Bertz CT molecular complexity index is 712. The lowest BCUT2D eigenvalue weighted by Gasteiger charge is -2.10. The second-order valence-electron chi connectivity index (χ2n) is 4.45. The van der Waals surface area contributed by atoms with Gasteiger partial charge in [0, 0.05) is 5.69 Å². The van der Waals surface area contributed by atoms with Gasteiger partial charge in [-0.15, -0.1) is 11.3 Å². The monoisotopic (exact) mass is 301 g/mol. The van der Waals surface area contributed by atoms with Crippen LogP contribution in [0.5, 0.6) is 0 Å². The predicted molar refractivity (Wildman–Crippen MR) is 78.1 cm³/mol. The van der Waals surface area contributed by atoms with Gasteiger partial charge >= 0.3 is 6.03 Å². The number of anilines is 1. The molecule has 1 aliphatic heterocycles. The van der Waals surface area contributed by atoms with Crippen LogP contribution in [0.15, 0.2) is 41.8 Å². The van der Waals surface area contributed by atoms with Crippen molar-refractivity contribution in [1.29, 1.82) is 0 Å². The zero-order valence-corrected chi connectivity index (χ0v) is 11.6. The van der Waals surface area contributed by atoms with Gasteiger partial charge in [-0.25, -0.2) is 4.79 Å². The first-order valence-electron chi connectivity index (χ1n) is 6.19. The summed E-state index contributed by atoms with van der Waals surface area (Å²) in [4.78, 5) is 35.3. The Balaban J connectivity index is 1.79. The van der Waals surface area contributed by atoms with E-state index in [1.54, 1.807) is 36.4 Å². The van der Waals surface area contributed by atoms with Gasteiger partial charge in [-0.1, -0.05) is 18.2 Å². The molecule has 2 heterocycles. The van der Waals surface area contributed by atoms with Crippen LogP contribution in [-0.4, -0.2) is 17.8 Å². The van der Waals surface area contributed by atoms with Crippen molar-refractivity contribution in [3.63, 3.8) is 0 Å². The number of benzene rings is 1. The van der Waals surface area contributed by atoms with Crippen LogP contribution in [0.25, 0.3) is 0 Å². The molecule has 1 aromatic heterocycles. The van der Waals surface area contributed by atoms with Crippen LogP contribution in [0, 0.1) is 0 Å². The van der Waals surface area contributed by atoms with Gasteiger partial charge in [0.15, 0.2) is 0 Å². The van der Waals surface area contributed by atoms with Gasteiger partial charge in [0.1, 0.15) is 6.04 Å². The Morgan fingerprint density at radius 3 is 2.71 bits per heavy atom. The summed E-state index contributed by atoms with van der Waals surface area (Å²) >= 11 is 1.35. The zero-order chi connectivity index (χ0) is 14.8. The Morgan fingerprint density at radius 2 is 2.05 bits per heavy atom. The maximum absolute atomic E-state index is 12.0. The average molecular weight is 301 g/mol. The van der Waals surface area contributed by atoms with Gasteiger partial charge in [-0.05, 0) is 29.1 Å². The number of hydrogen-bond acceptors (Lipinski definition) is 4. The molecule has 1 fully saturated rings. The molecule has 3 N–H and O–H groups in total. The molecule has 6 nitrogen and oxygen atoms in total. The van der Waals surface area contributed by atoms with E-state index in [1.807, 2.05) is 5.38 Å². The van der Waals surface area contributed by atoms with Crippen molar-refractivity contribution in [2.45, 2.75) is 6.04 Å². The lowest BCUT2D eigenvalue weighted by atomic mass is 10.1. The van der Waals surface area contributed by atoms with Crippen LogP contribution < -0.4 is 16.0 Å². The first-order chi connectivity index (χ1) is 10.1. The standard InChI is InChI=1S/C14H11N3O3S/c18-12(10-5-2-6-21-10)15-9-4-1-3-8(7-9)11-13(19)17-14(20)16-11/h1-7,11H,(H,15,18)(H2,16,17,19,20). The molecule has 106 valence electrons. The number of carbonyl (C=O) groups excluding carboxylic acids is 3. The molecule has 4 amide bonds. The third kappa shape index (κ3) is 2.77. The summed E-state index contributed by atoms with van der Waals surface area (Å²) in [7, 11) is 0. The molecule has 0 aliphatic carbocycles. The number of thiophene rings is 1. The number of nitrogens with one attached hydrogen (secondary N) is 3. The number of amides is 4. The van der Waals surface area contributed by atoms with Crippen LogP contribution in [0.2, 0.25) is 0 Å². The average Bonchev–Trinajstić information content (AvgIpc) is 3.08. The third-order valence-electron chi connectivity index (χ3n) is 3.00. The lowest BCUT2D eigenvalue weighted by molar-refractivity contribution is -0.120. The van der Waals surface area contributed by atoms with Crippen LogP contribution in [0.4, 0.5) is 10.5 Å². The Hall–Kier alpha value is -2.67. The molecule has 1 aliphatic rings. The van der Waals surface area contributed by atoms with Gasteiger partial charge in [0.05, 0.1) is 4.88 Å². The van der Waals surface area contributed by atoms with Crippen molar-refractivity contribution < 1.29 is 14.4 Å². The highest BCUT2D eigenvalue weighted by molar-refractivity contribution is 7.12. The largest absolute Gasteiger partial charge is 0.322 e. The maximum atomic E-state index is 12.0. The molecule has 3 rings (SSSR count). The number of rotatable bonds is 3. The number of imide groups is 1. The van der Waals surface area contributed by atoms with Gasteiger partial charge in [-0.3, -0.25) is 14.9 Å². The fourth-order valence-corrected chi connectivity index (χ4v) is 2.67. The summed E-state index contributed by atoms with van der Waals surface area (Å²) in [6, 6.07) is 9.12. The molecule has 21 heavy (non-hydrogen) atoms. The van der Waals surface area contributed by atoms with Crippen LogP contribution >= 0.6 is 11.3 Å². The van der Waals surface area contributed by atoms with Crippen molar-refractivity contribution in [3.05, 3.63) is 52.2 Å². The van der Waals surface area contributed by atoms with Crippen molar-refractivity contribution in [1.82, 2.24) is 10.6 Å². The summed E-state index contributed by atoms with van der Waals surface area (Å²) in [5.74, 6) is -0.608. The highest BCUT2D eigenvalue weighted by Crippen LogP contribution is 2.21. The molecule has 0 spiro atoms. The molecule has 1 saturated heterocycles. The zero-order valence-electron chi connectivity index (χ0n) is 10.8. The van der Waals surface area contributed by atoms with E-state index in [4.69, 9.17) is 0 Å². The minimum atomic E-state index is -0.726. The fraction of sp³-hybridized carbons (Fsp3) is 0.0714. The fourth-order valence-electron chi connectivity index (χ4n) is 2.05. The lowest BCUT2D eigenvalue weighted by Crippen LogP contribution is -2.22. The van der Waals surface area contributed by atoms with Gasteiger partial charge < -0.3 is 10.6 Å². The topological polar surface area (TPSA) is 87.3 Å². The molecule has 0 bridgehead atoms. The van der Waals surface area contributed by atoms with E-state index in [0.717, 1.165) is 0 Å². The Kier molecular flexibility index (Phi) is 3.41. The minimum absolute atomic E-state index is 0.206. The van der Waals surface area contributed by atoms with E-state index in [9.17, 15) is 14.4 Å². The summed E-state index contributed by atoms with van der Waals surface area (Å²) < 4.78 is 0. The Labute approximate surface area is 124 Å². The van der Waals surface area contributed by atoms with E-state index in [2.05, 4.69) is 16.0 Å². The van der Waals surface area contributed by atoms with E-state index >= 15 is 0 Å². The van der Waals surface area contributed by atoms with E-state index in [-0.39, 0.29) is 5.91 Å². The van der Waals surface area contributed by atoms with Gasteiger partial charge in [0.2, 0.25) is 0 Å². The molecule has 1 atom stereocenters. The highest BCUT2D eigenvalue weighted by Gasteiger charge is 2.30. The van der Waals surface area contributed by atoms with Crippen LogP contribution in [0.3, 0.4) is 0 Å². The molecule has 2 aromatic rings. The molecular formula is C14H11N3O3S. The van der Waals surface area contributed by atoms with Crippen molar-refractivity contribution in [2.24, 2.45) is 0 Å². The van der Waals surface area contributed by atoms with Crippen molar-refractivity contribution in [3.8, 4) is 0 Å². The smallest absolute Gasteiger partial charge is 0.322 e. The normalized spacial score (nSPS) is 17.2. The molecule has 7 heteroatoms. The first kappa shape index (κ1) is 13.3. The number of hydrogen-bond donors (Lipinski definition) is 3. The van der Waals surface area contributed by atoms with E-state index < -0.39 is 18.0 Å². The Morgan fingerprint density at radius 1 is 1.19 bits per heavy atom. The van der Waals surface area contributed by atoms with Crippen molar-refractivity contribution >= 4 is 34.9 Å². The first-order valence-corrected chi connectivity index (χ1v) is 7.07. The van der Waals surface area contributed by atoms with Gasteiger partial charge in [0.25, 0.3) is 11.8 Å². The number of carbonyl (C=O) groups is 3. The second-order valence-corrected chi connectivity index (χ2v) is 5.40. The van der Waals surface area contributed by atoms with Crippen molar-refractivity contribution in [2.75, 3.05) is 5.32 Å². The molecule has 0 saturated carbocycles. The summed E-state index contributed by atoms with van der Waals surface area (Å²) in [6.07, 6.45) is 0. The summed E-state index contributed by atoms with van der Waals surface area (Å²) in [6.45, 7) is 0. The van der Waals surface area contributed by atoms with E-state index in [1.165, 1.54) is 11.3 Å². The number of urea groups is 1. The molecule has 1 aromatic carbocycles.